The minimum atomic E-state index is -3.50. The van der Waals surface area contributed by atoms with Crippen molar-refractivity contribution in [2.24, 2.45) is 0 Å². The van der Waals surface area contributed by atoms with Gasteiger partial charge in [0.1, 0.15) is 0 Å². The molecule has 0 bridgehead atoms. The Morgan fingerprint density at radius 2 is 1.89 bits per heavy atom. The van der Waals surface area contributed by atoms with Gasteiger partial charge in [-0.3, -0.25) is 0 Å². The number of hydrogen-bond donors (Lipinski definition) is 2. The summed E-state index contributed by atoms with van der Waals surface area (Å²) in [5.74, 6) is 0. The molecule has 1 aliphatic carbocycles. The van der Waals surface area contributed by atoms with E-state index in [1.165, 1.54) is 4.31 Å². The van der Waals surface area contributed by atoms with Crippen LogP contribution in [-0.4, -0.2) is 37.0 Å². The average molecular weight is 282 g/mol. The number of aliphatic hydroxyl groups is 1. The highest BCUT2D eigenvalue weighted by Crippen LogP contribution is 2.32. The molecule has 2 unspecified atom stereocenters. The van der Waals surface area contributed by atoms with Gasteiger partial charge in [-0.25, -0.2) is 0 Å². The van der Waals surface area contributed by atoms with E-state index >= 15 is 0 Å². The van der Waals surface area contributed by atoms with Crippen LogP contribution in [0, 0.1) is 0 Å². The molecule has 2 atom stereocenters. The second kappa shape index (κ2) is 4.86. The van der Waals surface area contributed by atoms with Crippen LogP contribution < -0.4 is 4.72 Å². The van der Waals surface area contributed by atoms with E-state index in [0.717, 1.165) is 24.0 Å². The molecule has 1 aliphatic heterocycles. The Hall–Kier alpha value is -0.950. The first-order chi connectivity index (χ1) is 9.08. The zero-order chi connectivity index (χ0) is 13.5. The van der Waals surface area contributed by atoms with E-state index in [9.17, 15) is 13.5 Å². The molecular weight excluding hydrogens is 264 g/mol. The Bertz CT molecular complexity index is 567. The predicted octanol–water partition coefficient (Wildman–Crippen LogP) is 0.575. The lowest BCUT2D eigenvalue weighted by molar-refractivity contribution is 0.150. The van der Waals surface area contributed by atoms with Crippen molar-refractivity contribution in [3.05, 3.63) is 35.4 Å². The molecule has 2 N–H and O–H groups in total. The summed E-state index contributed by atoms with van der Waals surface area (Å²) < 4.78 is 28.6. The highest BCUT2D eigenvalue weighted by molar-refractivity contribution is 7.87. The normalized spacial score (nSPS) is 27.6. The maximum Gasteiger partial charge on any atom is 0.280 e. The predicted molar refractivity (Wildman–Crippen MR) is 71.8 cm³/mol. The molecule has 0 aromatic heterocycles. The number of aliphatic hydroxyl groups excluding tert-OH is 1. The summed E-state index contributed by atoms with van der Waals surface area (Å²) in [5, 5.41) is 10.1. The molecule has 1 aromatic rings. The summed E-state index contributed by atoms with van der Waals surface area (Å²) in [7, 11) is -3.50. The summed E-state index contributed by atoms with van der Waals surface area (Å²) in [4.78, 5) is 0. The van der Waals surface area contributed by atoms with Gasteiger partial charge in [-0.15, -0.1) is 0 Å². The lowest BCUT2D eigenvalue weighted by Gasteiger charge is -2.22. The van der Waals surface area contributed by atoms with Crippen LogP contribution in [0.15, 0.2) is 24.3 Å². The van der Waals surface area contributed by atoms with Gasteiger partial charge in [0.05, 0.1) is 12.1 Å². The van der Waals surface area contributed by atoms with Crippen molar-refractivity contribution in [3.8, 4) is 0 Å². The van der Waals surface area contributed by atoms with Crippen LogP contribution in [0.2, 0.25) is 0 Å². The van der Waals surface area contributed by atoms with Crippen molar-refractivity contribution in [2.75, 3.05) is 13.1 Å². The summed E-state index contributed by atoms with van der Waals surface area (Å²) >= 11 is 0. The molecule has 0 spiro atoms. The number of fused-ring (bicyclic) bond motifs is 1. The van der Waals surface area contributed by atoms with E-state index < -0.39 is 22.4 Å². The summed E-state index contributed by atoms with van der Waals surface area (Å²) in [6.07, 6.45) is 1.63. The second-order valence-electron chi connectivity index (χ2n) is 5.18. The minimum absolute atomic E-state index is 0.503. The lowest BCUT2D eigenvalue weighted by atomic mass is 10.1. The summed E-state index contributed by atoms with van der Waals surface area (Å²) in [6, 6.07) is 7.06. The Morgan fingerprint density at radius 1 is 1.21 bits per heavy atom. The SMILES string of the molecule is O=S(=O)(NC1c2ccccc2CC1O)N1CCCC1. The van der Waals surface area contributed by atoms with E-state index in [0.29, 0.717) is 19.5 Å². The molecule has 1 saturated heterocycles. The van der Waals surface area contributed by atoms with Gasteiger partial charge in [0.2, 0.25) is 0 Å². The zero-order valence-corrected chi connectivity index (χ0v) is 11.4. The first-order valence-corrected chi connectivity index (χ1v) is 8.05. The van der Waals surface area contributed by atoms with E-state index in [1.54, 1.807) is 0 Å². The molecule has 104 valence electrons. The minimum Gasteiger partial charge on any atom is -0.391 e. The average Bonchev–Trinajstić information content (AvgIpc) is 2.99. The lowest BCUT2D eigenvalue weighted by Crippen LogP contribution is -2.43. The molecule has 3 rings (SSSR count). The zero-order valence-electron chi connectivity index (χ0n) is 10.6. The first kappa shape index (κ1) is 13.1. The second-order valence-corrected chi connectivity index (χ2v) is 6.88. The van der Waals surface area contributed by atoms with Crippen molar-refractivity contribution in [2.45, 2.75) is 31.4 Å². The Labute approximate surface area is 113 Å². The van der Waals surface area contributed by atoms with E-state index in [-0.39, 0.29) is 0 Å². The van der Waals surface area contributed by atoms with Gasteiger partial charge < -0.3 is 5.11 Å². The summed E-state index contributed by atoms with van der Waals surface area (Å²) in [5.41, 5.74) is 1.90. The number of hydrogen-bond acceptors (Lipinski definition) is 3. The fourth-order valence-electron chi connectivity index (χ4n) is 2.88. The molecule has 0 amide bonds. The number of rotatable bonds is 3. The van der Waals surface area contributed by atoms with Gasteiger partial charge in [0.15, 0.2) is 0 Å². The number of benzene rings is 1. The van der Waals surface area contributed by atoms with Crippen LogP contribution in [0.25, 0.3) is 0 Å². The fraction of sp³-hybridized carbons (Fsp3) is 0.538. The molecule has 0 radical (unpaired) electrons. The van der Waals surface area contributed by atoms with E-state index in [4.69, 9.17) is 0 Å². The van der Waals surface area contributed by atoms with Gasteiger partial charge in [-0.1, -0.05) is 24.3 Å². The molecular formula is C13H18N2O3S. The van der Waals surface area contributed by atoms with Crippen molar-refractivity contribution in [3.63, 3.8) is 0 Å². The Kier molecular flexibility index (Phi) is 3.34. The van der Waals surface area contributed by atoms with Crippen molar-refractivity contribution >= 4 is 10.2 Å². The Morgan fingerprint density at radius 3 is 2.63 bits per heavy atom. The van der Waals surface area contributed by atoms with Gasteiger partial charge in [-0.05, 0) is 24.0 Å². The first-order valence-electron chi connectivity index (χ1n) is 6.61. The van der Waals surface area contributed by atoms with Gasteiger partial charge in [-0.2, -0.15) is 17.4 Å². The molecule has 6 heteroatoms. The van der Waals surface area contributed by atoms with Crippen LogP contribution in [0.5, 0.6) is 0 Å². The smallest absolute Gasteiger partial charge is 0.280 e. The molecule has 2 aliphatic rings. The summed E-state index contributed by atoms with van der Waals surface area (Å²) in [6.45, 7) is 1.14. The van der Waals surface area contributed by atoms with Crippen LogP contribution >= 0.6 is 0 Å². The third-order valence-corrected chi connectivity index (χ3v) is 5.48. The molecule has 19 heavy (non-hydrogen) atoms. The van der Waals surface area contributed by atoms with Crippen LogP contribution in [0.3, 0.4) is 0 Å². The monoisotopic (exact) mass is 282 g/mol. The van der Waals surface area contributed by atoms with Crippen LogP contribution in [0.4, 0.5) is 0 Å². The van der Waals surface area contributed by atoms with Gasteiger partial charge >= 0.3 is 0 Å². The maximum atomic E-state index is 12.2. The Balaban J connectivity index is 1.83. The van der Waals surface area contributed by atoms with Gasteiger partial charge in [0.25, 0.3) is 10.2 Å². The standard InChI is InChI=1S/C13H18N2O3S/c16-12-9-10-5-1-2-6-11(10)13(12)14-19(17,18)15-7-3-4-8-15/h1-2,5-6,12-14,16H,3-4,7-9H2. The molecule has 1 heterocycles. The number of nitrogens with zero attached hydrogens (tertiary/aromatic N) is 1. The molecule has 0 saturated carbocycles. The highest BCUT2D eigenvalue weighted by Gasteiger charge is 2.36. The van der Waals surface area contributed by atoms with Crippen molar-refractivity contribution in [1.82, 2.24) is 9.03 Å². The third kappa shape index (κ3) is 2.41. The fourth-order valence-corrected chi connectivity index (χ4v) is 4.37. The highest BCUT2D eigenvalue weighted by atomic mass is 32.2. The van der Waals surface area contributed by atoms with Crippen LogP contribution in [0.1, 0.15) is 30.0 Å². The van der Waals surface area contributed by atoms with Gasteiger partial charge in [0, 0.05) is 19.5 Å². The largest absolute Gasteiger partial charge is 0.391 e. The quantitative estimate of drug-likeness (QED) is 0.852. The van der Waals surface area contributed by atoms with Crippen LogP contribution in [-0.2, 0) is 16.6 Å². The molecule has 5 nitrogen and oxygen atoms in total. The third-order valence-electron chi connectivity index (χ3n) is 3.88. The topological polar surface area (TPSA) is 69.6 Å². The number of nitrogens with one attached hydrogen (secondary N) is 1. The van der Waals surface area contributed by atoms with Crippen molar-refractivity contribution < 1.29 is 13.5 Å². The molecule has 1 aromatic carbocycles. The van der Waals surface area contributed by atoms with E-state index in [2.05, 4.69) is 4.72 Å². The van der Waals surface area contributed by atoms with E-state index in [1.807, 2.05) is 24.3 Å². The maximum absolute atomic E-state index is 12.2. The molecule has 1 fully saturated rings. The van der Waals surface area contributed by atoms with Crippen molar-refractivity contribution in [1.29, 1.82) is 0 Å².